The van der Waals surface area contributed by atoms with Crippen molar-refractivity contribution < 1.29 is 19.1 Å². The molecule has 0 radical (unpaired) electrons. The minimum absolute atomic E-state index is 0.245. The Morgan fingerprint density at radius 1 is 1.20 bits per heavy atom. The lowest BCUT2D eigenvalue weighted by Gasteiger charge is -2.17. The van der Waals surface area contributed by atoms with E-state index in [0.717, 1.165) is 5.56 Å². The van der Waals surface area contributed by atoms with Crippen LogP contribution in [0.15, 0.2) is 30.3 Å². The van der Waals surface area contributed by atoms with Crippen LogP contribution >= 0.6 is 0 Å². The Bertz CT molecular complexity index is 431. The number of carbonyl (C=O) groups is 2. The first-order valence-electron chi connectivity index (χ1n) is 6.58. The molecule has 1 rings (SSSR count). The van der Waals surface area contributed by atoms with Crippen molar-refractivity contribution in [2.45, 2.75) is 26.3 Å². The lowest BCUT2D eigenvalue weighted by Crippen LogP contribution is -2.43. The van der Waals surface area contributed by atoms with Crippen LogP contribution in [0.2, 0.25) is 0 Å². The molecule has 1 atom stereocenters. The molecule has 1 aromatic rings. The number of benzene rings is 1. The minimum Gasteiger partial charge on any atom is -0.464 e. The highest BCUT2D eigenvalue weighted by atomic mass is 16.5. The van der Waals surface area contributed by atoms with Gasteiger partial charge >= 0.3 is 12.1 Å². The average molecular weight is 279 g/mol. The standard InChI is InChI=1S/C15H21NO4/c1-11(2)10-20-14(17)13(16-15(18)19-3)9-12-7-5-4-6-8-12/h4-8,11,13H,9-10H2,1-3H3,(H,16,18)/t13-/m0/s1. The summed E-state index contributed by atoms with van der Waals surface area (Å²) in [6.07, 6.45) is -0.278. The van der Waals surface area contributed by atoms with Crippen molar-refractivity contribution in [3.63, 3.8) is 0 Å². The molecular weight excluding hydrogens is 258 g/mol. The Morgan fingerprint density at radius 2 is 1.85 bits per heavy atom. The van der Waals surface area contributed by atoms with Gasteiger partial charge in [-0.15, -0.1) is 0 Å². The molecule has 0 saturated heterocycles. The second-order valence-corrected chi connectivity index (χ2v) is 4.90. The summed E-state index contributed by atoms with van der Waals surface area (Å²) in [5.74, 6) is -0.206. The lowest BCUT2D eigenvalue weighted by molar-refractivity contribution is -0.147. The summed E-state index contributed by atoms with van der Waals surface area (Å²) in [6.45, 7) is 4.23. The van der Waals surface area contributed by atoms with E-state index >= 15 is 0 Å². The number of ether oxygens (including phenoxy) is 2. The van der Waals surface area contributed by atoms with E-state index < -0.39 is 18.1 Å². The molecule has 0 bridgehead atoms. The highest BCUT2D eigenvalue weighted by Gasteiger charge is 2.23. The molecule has 1 amide bonds. The molecule has 5 heteroatoms. The molecule has 5 nitrogen and oxygen atoms in total. The van der Waals surface area contributed by atoms with Gasteiger partial charge in [0.15, 0.2) is 0 Å². The maximum Gasteiger partial charge on any atom is 0.407 e. The van der Waals surface area contributed by atoms with E-state index in [9.17, 15) is 9.59 Å². The van der Waals surface area contributed by atoms with Crippen LogP contribution < -0.4 is 5.32 Å². The van der Waals surface area contributed by atoms with E-state index in [1.165, 1.54) is 7.11 Å². The first-order chi connectivity index (χ1) is 9.52. The van der Waals surface area contributed by atoms with E-state index in [4.69, 9.17) is 4.74 Å². The second kappa shape index (κ2) is 8.19. The van der Waals surface area contributed by atoms with Gasteiger partial charge in [-0.2, -0.15) is 0 Å². The number of esters is 1. The molecule has 0 heterocycles. The predicted molar refractivity (Wildman–Crippen MR) is 75.3 cm³/mol. The zero-order chi connectivity index (χ0) is 15.0. The van der Waals surface area contributed by atoms with Crippen LogP contribution in [-0.2, 0) is 20.7 Å². The molecule has 20 heavy (non-hydrogen) atoms. The van der Waals surface area contributed by atoms with Gasteiger partial charge in [-0.25, -0.2) is 9.59 Å². The highest BCUT2D eigenvalue weighted by Crippen LogP contribution is 2.06. The Balaban J connectivity index is 2.69. The third-order valence-electron chi connectivity index (χ3n) is 2.60. The zero-order valence-electron chi connectivity index (χ0n) is 12.1. The largest absolute Gasteiger partial charge is 0.464 e. The molecule has 0 aliphatic carbocycles. The second-order valence-electron chi connectivity index (χ2n) is 4.90. The topological polar surface area (TPSA) is 64.6 Å². The van der Waals surface area contributed by atoms with Gasteiger partial charge in [0.1, 0.15) is 6.04 Å². The van der Waals surface area contributed by atoms with Crippen LogP contribution in [0.4, 0.5) is 4.79 Å². The van der Waals surface area contributed by atoms with E-state index in [1.807, 2.05) is 44.2 Å². The zero-order valence-corrected chi connectivity index (χ0v) is 12.1. The SMILES string of the molecule is COC(=O)N[C@@H](Cc1ccccc1)C(=O)OCC(C)C. The van der Waals surface area contributed by atoms with Crippen molar-refractivity contribution in [2.75, 3.05) is 13.7 Å². The van der Waals surface area contributed by atoms with E-state index in [2.05, 4.69) is 10.1 Å². The van der Waals surface area contributed by atoms with Gasteiger partial charge < -0.3 is 14.8 Å². The summed E-state index contributed by atoms with van der Waals surface area (Å²) in [7, 11) is 1.26. The average Bonchev–Trinajstić information content (AvgIpc) is 2.44. The number of rotatable bonds is 6. The van der Waals surface area contributed by atoms with Gasteiger partial charge in [0.25, 0.3) is 0 Å². The molecule has 110 valence electrons. The van der Waals surface area contributed by atoms with E-state index in [-0.39, 0.29) is 5.92 Å². The van der Waals surface area contributed by atoms with Crippen LogP contribution in [-0.4, -0.2) is 31.8 Å². The molecule has 0 aliphatic heterocycles. The monoisotopic (exact) mass is 279 g/mol. The van der Waals surface area contributed by atoms with Gasteiger partial charge in [-0.05, 0) is 11.5 Å². The van der Waals surface area contributed by atoms with E-state index in [0.29, 0.717) is 13.0 Å². The molecular formula is C15H21NO4. The smallest absolute Gasteiger partial charge is 0.407 e. The van der Waals surface area contributed by atoms with Gasteiger partial charge in [0.2, 0.25) is 0 Å². The maximum absolute atomic E-state index is 12.0. The fourth-order valence-electron chi connectivity index (χ4n) is 1.59. The van der Waals surface area contributed by atoms with Crippen molar-refractivity contribution in [3.05, 3.63) is 35.9 Å². The molecule has 0 unspecified atom stereocenters. The number of nitrogens with one attached hydrogen (secondary N) is 1. The Morgan fingerprint density at radius 3 is 2.40 bits per heavy atom. The van der Waals surface area contributed by atoms with Crippen LogP contribution in [0, 0.1) is 5.92 Å². The van der Waals surface area contributed by atoms with Crippen molar-refractivity contribution in [3.8, 4) is 0 Å². The number of carbonyl (C=O) groups excluding carboxylic acids is 2. The van der Waals surface area contributed by atoms with Gasteiger partial charge in [-0.3, -0.25) is 0 Å². The molecule has 0 spiro atoms. The summed E-state index contributed by atoms with van der Waals surface area (Å²) in [5, 5.41) is 2.50. The number of alkyl carbamates (subject to hydrolysis) is 1. The van der Waals surface area contributed by atoms with Gasteiger partial charge in [-0.1, -0.05) is 44.2 Å². The Hall–Kier alpha value is -2.04. The molecule has 0 aliphatic rings. The summed E-state index contributed by atoms with van der Waals surface area (Å²) in [4.78, 5) is 23.3. The summed E-state index contributed by atoms with van der Waals surface area (Å²) in [6, 6.07) is 8.68. The number of methoxy groups -OCH3 is 1. The first-order valence-corrected chi connectivity index (χ1v) is 6.58. The highest BCUT2D eigenvalue weighted by molar-refractivity contribution is 5.81. The van der Waals surface area contributed by atoms with Crippen LogP contribution in [0.25, 0.3) is 0 Å². The van der Waals surface area contributed by atoms with Crippen molar-refractivity contribution in [2.24, 2.45) is 5.92 Å². The van der Waals surface area contributed by atoms with Crippen LogP contribution in [0.1, 0.15) is 19.4 Å². The Kier molecular flexibility index (Phi) is 6.56. The van der Waals surface area contributed by atoms with Crippen molar-refractivity contribution in [1.82, 2.24) is 5.32 Å². The summed E-state index contributed by atoms with van der Waals surface area (Å²) >= 11 is 0. The fourth-order valence-corrected chi connectivity index (χ4v) is 1.59. The quantitative estimate of drug-likeness (QED) is 0.810. The third-order valence-corrected chi connectivity index (χ3v) is 2.60. The van der Waals surface area contributed by atoms with Crippen molar-refractivity contribution in [1.29, 1.82) is 0 Å². The van der Waals surface area contributed by atoms with E-state index in [1.54, 1.807) is 0 Å². The molecule has 0 aromatic heterocycles. The van der Waals surface area contributed by atoms with Gasteiger partial charge in [0, 0.05) is 6.42 Å². The maximum atomic E-state index is 12.0. The predicted octanol–water partition coefficient (Wildman–Crippen LogP) is 2.15. The molecule has 0 saturated carbocycles. The van der Waals surface area contributed by atoms with Crippen molar-refractivity contribution >= 4 is 12.1 Å². The number of hydrogen-bond donors (Lipinski definition) is 1. The fraction of sp³-hybridized carbons (Fsp3) is 0.467. The lowest BCUT2D eigenvalue weighted by atomic mass is 10.1. The molecule has 0 fully saturated rings. The Labute approximate surface area is 119 Å². The first kappa shape index (κ1) is 16.0. The molecule has 1 aromatic carbocycles. The number of hydrogen-bond acceptors (Lipinski definition) is 4. The normalized spacial score (nSPS) is 11.8. The minimum atomic E-state index is -0.747. The summed E-state index contributed by atoms with van der Waals surface area (Å²) in [5.41, 5.74) is 0.940. The molecule has 1 N–H and O–H groups in total. The summed E-state index contributed by atoms with van der Waals surface area (Å²) < 4.78 is 9.71. The third kappa shape index (κ3) is 5.73. The number of amides is 1. The van der Waals surface area contributed by atoms with Crippen LogP contribution in [0.5, 0.6) is 0 Å². The van der Waals surface area contributed by atoms with Gasteiger partial charge in [0.05, 0.1) is 13.7 Å². The van der Waals surface area contributed by atoms with Crippen LogP contribution in [0.3, 0.4) is 0 Å².